The minimum atomic E-state index is 0.804. The van der Waals surface area contributed by atoms with Crippen LogP contribution in [0, 0.1) is 5.92 Å². The number of rotatable bonds is 5. The van der Waals surface area contributed by atoms with Gasteiger partial charge in [-0.2, -0.15) is 0 Å². The molecule has 2 aromatic heterocycles. The Morgan fingerprint density at radius 2 is 2.22 bits per heavy atom. The highest BCUT2D eigenvalue weighted by atomic mass is 15.2. The Hall–Kier alpha value is -1.65. The summed E-state index contributed by atoms with van der Waals surface area (Å²) in [5.74, 6) is 1.80. The molecule has 0 aromatic carbocycles. The van der Waals surface area contributed by atoms with Gasteiger partial charge in [-0.25, -0.2) is 4.98 Å². The second-order valence-electron chi connectivity index (χ2n) is 5.06. The first-order valence-electron chi connectivity index (χ1n) is 6.82. The molecule has 0 spiro atoms. The highest BCUT2D eigenvalue weighted by molar-refractivity contribution is 5.61. The van der Waals surface area contributed by atoms with E-state index in [1.807, 2.05) is 10.6 Å². The van der Waals surface area contributed by atoms with E-state index >= 15 is 0 Å². The van der Waals surface area contributed by atoms with Crippen molar-refractivity contribution in [2.45, 2.75) is 38.5 Å². The molecule has 1 N–H and O–H groups in total. The van der Waals surface area contributed by atoms with Gasteiger partial charge in [-0.15, -0.1) is 10.2 Å². The second-order valence-corrected chi connectivity index (χ2v) is 5.06. The smallest absolute Gasteiger partial charge is 0.203 e. The molecule has 0 radical (unpaired) electrons. The van der Waals surface area contributed by atoms with Gasteiger partial charge in [-0.3, -0.25) is 4.40 Å². The number of aromatic nitrogens is 4. The lowest BCUT2D eigenvalue weighted by molar-refractivity contribution is 0.491. The second kappa shape index (κ2) is 5.33. The summed E-state index contributed by atoms with van der Waals surface area (Å²) in [5.41, 5.74) is 0.804. The van der Waals surface area contributed by atoms with Crippen LogP contribution >= 0.6 is 0 Å². The Labute approximate surface area is 107 Å². The van der Waals surface area contributed by atoms with Gasteiger partial charge in [-0.1, -0.05) is 25.7 Å². The summed E-state index contributed by atoms with van der Waals surface area (Å²) in [5, 5.41) is 11.3. The van der Waals surface area contributed by atoms with E-state index in [9.17, 15) is 0 Å². The molecule has 0 aliphatic heterocycles. The fraction of sp³-hybridized carbons (Fsp3) is 0.615. The quantitative estimate of drug-likeness (QED) is 0.822. The third kappa shape index (κ3) is 2.44. The number of fused-ring (bicyclic) bond motifs is 1. The molecule has 1 aliphatic carbocycles. The van der Waals surface area contributed by atoms with Gasteiger partial charge in [0.05, 0.1) is 0 Å². The summed E-state index contributed by atoms with van der Waals surface area (Å²) in [7, 11) is 0. The fourth-order valence-electron chi connectivity index (χ4n) is 2.78. The van der Waals surface area contributed by atoms with Crippen molar-refractivity contribution in [2.75, 3.05) is 11.9 Å². The summed E-state index contributed by atoms with van der Waals surface area (Å²) >= 11 is 0. The lowest BCUT2D eigenvalue weighted by Crippen LogP contribution is -2.07. The molecule has 1 fully saturated rings. The predicted molar refractivity (Wildman–Crippen MR) is 70.5 cm³/mol. The van der Waals surface area contributed by atoms with Gasteiger partial charge in [0.2, 0.25) is 5.65 Å². The molecule has 0 saturated heterocycles. The van der Waals surface area contributed by atoms with Crippen LogP contribution in [0.15, 0.2) is 18.7 Å². The maximum absolute atomic E-state index is 4.31. The van der Waals surface area contributed by atoms with Crippen LogP contribution in [-0.2, 0) is 0 Å². The standard InChI is InChI=1S/C13H19N5/c1-2-5-11(4-1)6-3-7-14-12-13-17-16-10-18(13)9-8-15-12/h8-11H,1-7H2,(H,14,15). The Bertz CT molecular complexity index is 501. The van der Waals surface area contributed by atoms with E-state index in [2.05, 4.69) is 20.5 Å². The van der Waals surface area contributed by atoms with E-state index in [1.54, 1.807) is 12.5 Å². The molecule has 1 saturated carbocycles. The van der Waals surface area contributed by atoms with E-state index in [0.29, 0.717) is 0 Å². The molecule has 2 aromatic rings. The van der Waals surface area contributed by atoms with Crippen LogP contribution in [0.4, 0.5) is 5.82 Å². The first-order chi connectivity index (χ1) is 8.93. The minimum absolute atomic E-state index is 0.804. The molecule has 0 atom stereocenters. The predicted octanol–water partition coefficient (Wildman–Crippen LogP) is 2.51. The Morgan fingerprint density at radius 3 is 3.11 bits per heavy atom. The average Bonchev–Trinajstić information content (AvgIpc) is 3.05. The van der Waals surface area contributed by atoms with Crippen LogP contribution in [-0.4, -0.2) is 26.1 Å². The zero-order chi connectivity index (χ0) is 12.2. The van der Waals surface area contributed by atoms with Crippen molar-refractivity contribution < 1.29 is 0 Å². The monoisotopic (exact) mass is 245 g/mol. The summed E-state index contributed by atoms with van der Waals surface area (Å²) in [6, 6.07) is 0. The topological polar surface area (TPSA) is 55.1 Å². The third-order valence-corrected chi connectivity index (χ3v) is 3.77. The Balaban J connectivity index is 1.51. The van der Waals surface area contributed by atoms with Crippen LogP contribution in [0.1, 0.15) is 38.5 Å². The van der Waals surface area contributed by atoms with Crippen LogP contribution in [0.5, 0.6) is 0 Å². The van der Waals surface area contributed by atoms with E-state index < -0.39 is 0 Å². The van der Waals surface area contributed by atoms with Crippen molar-refractivity contribution in [1.29, 1.82) is 0 Å². The van der Waals surface area contributed by atoms with E-state index in [1.165, 1.54) is 38.5 Å². The molecule has 2 heterocycles. The minimum Gasteiger partial charge on any atom is -0.367 e. The molecule has 0 amide bonds. The first-order valence-corrected chi connectivity index (χ1v) is 6.82. The van der Waals surface area contributed by atoms with Crippen LogP contribution in [0.3, 0.4) is 0 Å². The lowest BCUT2D eigenvalue weighted by Gasteiger charge is -2.09. The van der Waals surface area contributed by atoms with Gasteiger partial charge in [0.25, 0.3) is 0 Å². The molecule has 1 aliphatic rings. The van der Waals surface area contributed by atoms with Gasteiger partial charge >= 0.3 is 0 Å². The molecule has 0 bridgehead atoms. The summed E-state index contributed by atoms with van der Waals surface area (Å²) in [6.45, 7) is 0.968. The maximum Gasteiger partial charge on any atom is 0.203 e. The number of nitrogens with zero attached hydrogens (tertiary/aromatic N) is 4. The maximum atomic E-state index is 4.31. The van der Waals surface area contributed by atoms with Crippen molar-refractivity contribution in [3.63, 3.8) is 0 Å². The Kier molecular flexibility index (Phi) is 3.39. The van der Waals surface area contributed by atoms with Crippen LogP contribution < -0.4 is 5.32 Å². The average molecular weight is 245 g/mol. The summed E-state index contributed by atoms with van der Waals surface area (Å²) in [4.78, 5) is 4.31. The SMILES string of the molecule is c1cn2cnnc2c(NCCCC2CCCC2)n1. The van der Waals surface area contributed by atoms with Gasteiger partial charge in [0, 0.05) is 18.9 Å². The van der Waals surface area contributed by atoms with Gasteiger partial charge in [0.15, 0.2) is 5.82 Å². The zero-order valence-electron chi connectivity index (χ0n) is 10.5. The van der Waals surface area contributed by atoms with E-state index in [4.69, 9.17) is 0 Å². The van der Waals surface area contributed by atoms with Crippen molar-refractivity contribution in [2.24, 2.45) is 5.92 Å². The molecule has 18 heavy (non-hydrogen) atoms. The zero-order valence-corrected chi connectivity index (χ0v) is 10.5. The van der Waals surface area contributed by atoms with Gasteiger partial charge in [-0.05, 0) is 18.8 Å². The highest BCUT2D eigenvalue weighted by Crippen LogP contribution is 2.28. The van der Waals surface area contributed by atoms with Crippen molar-refractivity contribution in [1.82, 2.24) is 19.6 Å². The van der Waals surface area contributed by atoms with E-state index in [0.717, 1.165) is 23.9 Å². The molecule has 3 rings (SSSR count). The number of hydrogen-bond acceptors (Lipinski definition) is 4. The molecule has 5 heteroatoms. The molecular weight excluding hydrogens is 226 g/mol. The molecule has 5 nitrogen and oxygen atoms in total. The van der Waals surface area contributed by atoms with Crippen LogP contribution in [0.2, 0.25) is 0 Å². The van der Waals surface area contributed by atoms with E-state index in [-0.39, 0.29) is 0 Å². The number of hydrogen-bond donors (Lipinski definition) is 1. The van der Waals surface area contributed by atoms with Gasteiger partial charge in [0.1, 0.15) is 6.33 Å². The summed E-state index contributed by atoms with van der Waals surface area (Å²) in [6.07, 6.45) is 13.6. The van der Waals surface area contributed by atoms with Crippen molar-refractivity contribution >= 4 is 11.5 Å². The number of anilines is 1. The van der Waals surface area contributed by atoms with Crippen molar-refractivity contribution in [3.05, 3.63) is 18.7 Å². The third-order valence-electron chi connectivity index (χ3n) is 3.77. The summed E-state index contributed by atoms with van der Waals surface area (Å²) < 4.78 is 1.88. The molecule has 96 valence electrons. The first kappa shape index (κ1) is 11.4. The molecule has 0 unspecified atom stereocenters. The normalized spacial score (nSPS) is 16.4. The van der Waals surface area contributed by atoms with Crippen LogP contribution in [0.25, 0.3) is 5.65 Å². The highest BCUT2D eigenvalue weighted by Gasteiger charge is 2.14. The van der Waals surface area contributed by atoms with Crippen molar-refractivity contribution in [3.8, 4) is 0 Å². The Morgan fingerprint density at radius 1 is 1.33 bits per heavy atom. The lowest BCUT2D eigenvalue weighted by atomic mass is 10.0. The fourth-order valence-corrected chi connectivity index (χ4v) is 2.78. The largest absolute Gasteiger partial charge is 0.367 e. The number of nitrogens with one attached hydrogen (secondary N) is 1. The molecular formula is C13H19N5. The van der Waals surface area contributed by atoms with Gasteiger partial charge < -0.3 is 5.32 Å².